The zero-order chi connectivity index (χ0) is 9.97. The number of piperidine rings is 1. The van der Waals surface area contributed by atoms with Gasteiger partial charge < -0.3 is 10.4 Å². The van der Waals surface area contributed by atoms with E-state index in [0.29, 0.717) is 6.04 Å². The summed E-state index contributed by atoms with van der Waals surface area (Å²) in [6.45, 7) is 0.887. The van der Waals surface area contributed by atoms with E-state index in [4.69, 9.17) is 5.11 Å². The second kappa shape index (κ2) is 4.30. The molecule has 14 heavy (non-hydrogen) atoms. The van der Waals surface area contributed by atoms with E-state index < -0.39 is 5.97 Å². The van der Waals surface area contributed by atoms with Crippen LogP contribution in [0.3, 0.4) is 0 Å². The lowest BCUT2D eigenvalue weighted by molar-refractivity contribution is -0.143. The van der Waals surface area contributed by atoms with E-state index in [-0.39, 0.29) is 5.92 Å². The molecule has 2 aliphatic rings. The molecule has 0 aromatic heterocycles. The Kier molecular flexibility index (Phi) is 3.06. The molecule has 80 valence electrons. The van der Waals surface area contributed by atoms with Crippen LogP contribution in [0.2, 0.25) is 0 Å². The average molecular weight is 197 g/mol. The first-order valence-corrected chi connectivity index (χ1v) is 5.73. The van der Waals surface area contributed by atoms with Crippen LogP contribution in [-0.4, -0.2) is 23.7 Å². The summed E-state index contributed by atoms with van der Waals surface area (Å²) in [5, 5.41) is 12.5. The normalized spacial score (nSPS) is 34.6. The molecule has 1 aliphatic heterocycles. The Hall–Kier alpha value is -0.570. The third kappa shape index (κ3) is 2.08. The summed E-state index contributed by atoms with van der Waals surface area (Å²) >= 11 is 0. The Morgan fingerprint density at radius 1 is 1.21 bits per heavy atom. The molecule has 2 unspecified atom stereocenters. The van der Waals surface area contributed by atoms with E-state index in [1.807, 2.05) is 0 Å². The van der Waals surface area contributed by atoms with Gasteiger partial charge in [0.15, 0.2) is 0 Å². The highest BCUT2D eigenvalue weighted by Gasteiger charge is 2.32. The first-order chi connectivity index (χ1) is 6.77. The Balaban J connectivity index is 1.89. The van der Waals surface area contributed by atoms with Crippen LogP contribution in [0.15, 0.2) is 0 Å². The van der Waals surface area contributed by atoms with Crippen molar-refractivity contribution in [2.24, 2.45) is 11.8 Å². The van der Waals surface area contributed by atoms with Gasteiger partial charge >= 0.3 is 5.97 Å². The quantitative estimate of drug-likeness (QED) is 0.707. The van der Waals surface area contributed by atoms with Crippen molar-refractivity contribution in [1.29, 1.82) is 0 Å². The predicted molar refractivity (Wildman–Crippen MR) is 54.1 cm³/mol. The lowest BCUT2D eigenvalue weighted by atomic mass is 9.85. The van der Waals surface area contributed by atoms with Crippen molar-refractivity contribution >= 4 is 5.97 Å². The average Bonchev–Trinajstić information content (AvgIpc) is 2.71. The molecule has 0 aromatic rings. The van der Waals surface area contributed by atoms with Crippen molar-refractivity contribution in [3.8, 4) is 0 Å². The highest BCUT2D eigenvalue weighted by atomic mass is 16.4. The summed E-state index contributed by atoms with van der Waals surface area (Å²) in [5.41, 5.74) is 0. The van der Waals surface area contributed by atoms with Gasteiger partial charge in [-0.3, -0.25) is 4.79 Å². The van der Waals surface area contributed by atoms with Gasteiger partial charge in [0.1, 0.15) is 0 Å². The maximum atomic E-state index is 10.9. The fraction of sp³-hybridized carbons (Fsp3) is 0.909. The second-order valence-electron chi connectivity index (χ2n) is 4.66. The summed E-state index contributed by atoms with van der Waals surface area (Å²) in [6.07, 6.45) is 6.91. The van der Waals surface area contributed by atoms with Crippen LogP contribution in [0.1, 0.15) is 38.5 Å². The molecule has 2 rings (SSSR count). The van der Waals surface area contributed by atoms with Crippen molar-refractivity contribution in [2.45, 2.75) is 44.6 Å². The number of carboxylic acid groups (broad SMARTS) is 1. The van der Waals surface area contributed by atoms with E-state index >= 15 is 0 Å². The number of nitrogens with one attached hydrogen (secondary N) is 1. The maximum absolute atomic E-state index is 10.9. The van der Waals surface area contributed by atoms with Gasteiger partial charge in [-0.1, -0.05) is 12.8 Å². The van der Waals surface area contributed by atoms with E-state index in [2.05, 4.69) is 5.32 Å². The summed E-state index contributed by atoms with van der Waals surface area (Å²) in [4.78, 5) is 10.9. The highest BCUT2D eigenvalue weighted by molar-refractivity contribution is 5.70. The molecular formula is C11H19NO2. The van der Waals surface area contributed by atoms with Gasteiger partial charge in [-0.2, -0.15) is 0 Å². The molecule has 1 heterocycles. The molecule has 0 bridgehead atoms. The minimum atomic E-state index is -0.602. The van der Waals surface area contributed by atoms with Crippen molar-refractivity contribution in [3.05, 3.63) is 0 Å². The summed E-state index contributed by atoms with van der Waals surface area (Å²) in [7, 11) is 0. The molecule has 3 heteroatoms. The van der Waals surface area contributed by atoms with Crippen LogP contribution in [-0.2, 0) is 4.79 Å². The zero-order valence-electron chi connectivity index (χ0n) is 8.54. The van der Waals surface area contributed by atoms with Gasteiger partial charge in [0.2, 0.25) is 0 Å². The Morgan fingerprint density at radius 3 is 2.57 bits per heavy atom. The molecule has 0 aromatic carbocycles. The summed E-state index contributed by atoms with van der Waals surface area (Å²) < 4.78 is 0. The summed E-state index contributed by atoms with van der Waals surface area (Å²) in [5.74, 6) is 0.0495. The second-order valence-corrected chi connectivity index (χ2v) is 4.66. The van der Waals surface area contributed by atoms with E-state index in [0.717, 1.165) is 25.3 Å². The SMILES string of the molecule is O=C(O)C1CCNC(C2CCCC2)C1. The molecule has 0 radical (unpaired) electrons. The largest absolute Gasteiger partial charge is 0.481 e. The minimum Gasteiger partial charge on any atom is -0.481 e. The van der Waals surface area contributed by atoms with Crippen LogP contribution in [0.5, 0.6) is 0 Å². The van der Waals surface area contributed by atoms with Gasteiger partial charge in [0.25, 0.3) is 0 Å². The van der Waals surface area contributed by atoms with Crippen LogP contribution < -0.4 is 5.32 Å². The van der Waals surface area contributed by atoms with Crippen LogP contribution in [0, 0.1) is 11.8 Å². The van der Waals surface area contributed by atoms with Crippen molar-refractivity contribution in [3.63, 3.8) is 0 Å². The number of rotatable bonds is 2. The third-order valence-corrected chi connectivity index (χ3v) is 3.76. The fourth-order valence-corrected chi connectivity index (χ4v) is 2.89. The van der Waals surface area contributed by atoms with Crippen LogP contribution >= 0.6 is 0 Å². The third-order valence-electron chi connectivity index (χ3n) is 3.76. The molecule has 1 aliphatic carbocycles. The van der Waals surface area contributed by atoms with Gasteiger partial charge in [0, 0.05) is 6.04 Å². The van der Waals surface area contributed by atoms with Crippen molar-refractivity contribution in [2.75, 3.05) is 6.54 Å². The highest BCUT2D eigenvalue weighted by Crippen LogP contribution is 2.32. The molecule has 0 spiro atoms. The van der Waals surface area contributed by atoms with Crippen molar-refractivity contribution < 1.29 is 9.90 Å². The number of hydrogen-bond acceptors (Lipinski definition) is 2. The van der Waals surface area contributed by atoms with Crippen LogP contribution in [0.4, 0.5) is 0 Å². The lowest BCUT2D eigenvalue weighted by Gasteiger charge is -2.32. The van der Waals surface area contributed by atoms with Gasteiger partial charge in [-0.15, -0.1) is 0 Å². The minimum absolute atomic E-state index is 0.0955. The van der Waals surface area contributed by atoms with Gasteiger partial charge in [0.05, 0.1) is 5.92 Å². The van der Waals surface area contributed by atoms with E-state index in [1.54, 1.807) is 0 Å². The van der Waals surface area contributed by atoms with E-state index in [9.17, 15) is 4.79 Å². The molecule has 0 amide bonds. The topological polar surface area (TPSA) is 49.3 Å². The molecular weight excluding hydrogens is 178 g/mol. The monoisotopic (exact) mass is 197 g/mol. The van der Waals surface area contributed by atoms with Gasteiger partial charge in [-0.25, -0.2) is 0 Å². The summed E-state index contributed by atoms with van der Waals surface area (Å²) in [6, 6.07) is 0.479. The molecule has 1 saturated heterocycles. The lowest BCUT2D eigenvalue weighted by Crippen LogP contribution is -2.44. The maximum Gasteiger partial charge on any atom is 0.306 e. The first kappa shape index (κ1) is 9.97. The Morgan fingerprint density at radius 2 is 1.93 bits per heavy atom. The Bertz CT molecular complexity index is 211. The number of carbonyl (C=O) groups is 1. The number of aliphatic carboxylic acids is 1. The van der Waals surface area contributed by atoms with Crippen molar-refractivity contribution in [1.82, 2.24) is 5.32 Å². The Labute approximate surface area is 84.9 Å². The number of carboxylic acids is 1. The van der Waals surface area contributed by atoms with Crippen LogP contribution in [0.25, 0.3) is 0 Å². The molecule has 2 fully saturated rings. The first-order valence-electron chi connectivity index (χ1n) is 5.73. The smallest absolute Gasteiger partial charge is 0.306 e. The zero-order valence-corrected chi connectivity index (χ0v) is 8.54. The number of hydrogen-bond donors (Lipinski definition) is 2. The molecule has 2 N–H and O–H groups in total. The van der Waals surface area contributed by atoms with E-state index in [1.165, 1.54) is 25.7 Å². The fourth-order valence-electron chi connectivity index (χ4n) is 2.89. The van der Waals surface area contributed by atoms with Gasteiger partial charge in [-0.05, 0) is 38.1 Å². The predicted octanol–water partition coefficient (Wildman–Crippen LogP) is 1.63. The molecule has 3 nitrogen and oxygen atoms in total. The molecule has 1 saturated carbocycles. The molecule has 2 atom stereocenters. The standard InChI is InChI=1S/C11H19NO2/c13-11(14)9-5-6-12-10(7-9)8-3-1-2-4-8/h8-10,12H,1-7H2,(H,13,14).